The van der Waals surface area contributed by atoms with Crippen LogP contribution in [0.1, 0.15) is 33.4 Å². The minimum atomic E-state index is 1.12. The smallest absolute Gasteiger partial charge is 0.0547 e. The lowest BCUT2D eigenvalue weighted by atomic mass is 9.89. The van der Waals surface area contributed by atoms with Gasteiger partial charge in [0.1, 0.15) is 0 Å². The summed E-state index contributed by atoms with van der Waals surface area (Å²) in [5.41, 5.74) is 18.8. The molecule has 0 fully saturated rings. The fourth-order valence-electron chi connectivity index (χ4n) is 6.90. The number of benzene rings is 7. The molecule has 0 atom stereocenters. The molecular weight excluding hydrogens is 605 g/mol. The van der Waals surface area contributed by atoms with Gasteiger partial charge in [-0.3, -0.25) is 0 Å². The molecule has 0 aliphatic heterocycles. The summed E-state index contributed by atoms with van der Waals surface area (Å²) in [7, 11) is 0. The van der Waals surface area contributed by atoms with Gasteiger partial charge in [0.25, 0.3) is 0 Å². The summed E-state index contributed by atoms with van der Waals surface area (Å²) in [6.45, 7) is 13.0. The van der Waals surface area contributed by atoms with Crippen LogP contribution in [-0.2, 0) is 0 Å². The predicted octanol–water partition coefficient (Wildman–Crippen LogP) is 13.8. The minimum absolute atomic E-state index is 1.12. The van der Waals surface area contributed by atoms with E-state index < -0.39 is 0 Å². The Morgan fingerprint density at radius 2 is 0.560 bits per heavy atom. The van der Waals surface area contributed by atoms with Crippen LogP contribution in [-0.4, -0.2) is 0 Å². The van der Waals surface area contributed by atoms with E-state index in [2.05, 4.69) is 209 Å². The molecule has 2 heteroatoms. The average Bonchev–Trinajstić information content (AvgIpc) is 3.10. The lowest BCUT2D eigenvalue weighted by molar-refractivity contribution is 1.24. The molecular formula is C48H44N2. The van der Waals surface area contributed by atoms with E-state index in [4.69, 9.17) is 0 Å². The van der Waals surface area contributed by atoms with Crippen molar-refractivity contribution in [2.45, 2.75) is 41.5 Å². The van der Waals surface area contributed by atoms with Gasteiger partial charge in [-0.05, 0) is 136 Å². The third kappa shape index (κ3) is 6.70. The summed E-state index contributed by atoms with van der Waals surface area (Å²) in [5.74, 6) is 0. The molecule has 2 nitrogen and oxygen atoms in total. The van der Waals surface area contributed by atoms with Gasteiger partial charge in [-0.2, -0.15) is 0 Å². The average molecular weight is 649 g/mol. The molecule has 0 saturated carbocycles. The van der Waals surface area contributed by atoms with Crippen molar-refractivity contribution in [1.82, 2.24) is 0 Å². The molecule has 0 N–H and O–H groups in total. The Morgan fingerprint density at radius 1 is 0.280 bits per heavy atom. The third-order valence-electron chi connectivity index (χ3n) is 9.36. The molecule has 0 aliphatic carbocycles. The Balaban J connectivity index is 1.64. The van der Waals surface area contributed by atoms with Crippen molar-refractivity contribution in [3.05, 3.63) is 191 Å². The fourth-order valence-corrected chi connectivity index (χ4v) is 6.90. The van der Waals surface area contributed by atoms with Crippen LogP contribution in [0.25, 0.3) is 22.3 Å². The summed E-state index contributed by atoms with van der Waals surface area (Å²) < 4.78 is 0. The van der Waals surface area contributed by atoms with Crippen molar-refractivity contribution < 1.29 is 0 Å². The molecule has 0 radical (unpaired) electrons. The lowest BCUT2D eigenvalue weighted by Crippen LogP contribution is -2.15. The fraction of sp³-hybridized carbons (Fsp3) is 0.125. The van der Waals surface area contributed by atoms with Crippen molar-refractivity contribution in [3.63, 3.8) is 0 Å². The van der Waals surface area contributed by atoms with Gasteiger partial charge in [0, 0.05) is 33.9 Å². The van der Waals surface area contributed by atoms with Crippen LogP contribution in [0.3, 0.4) is 0 Å². The van der Waals surface area contributed by atoms with Crippen molar-refractivity contribution >= 4 is 34.1 Å². The van der Waals surface area contributed by atoms with E-state index in [9.17, 15) is 0 Å². The number of anilines is 6. The van der Waals surface area contributed by atoms with E-state index in [1.807, 2.05) is 0 Å². The Hall–Kier alpha value is -5.86. The second-order valence-electron chi connectivity index (χ2n) is 13.6. The number of hydrogen-bond acceptors (Lipinski definition) is 2. The van der Waals surface area contributed by atoms with Crippen LogP contribution >= 0.6 is 0 Å². The maximum atomic E-state index is 2.43. The molecule has 7 rings (SSSR count). The third-order valence-corrected chi connectivity index (χ3v) is 9.36. The molecule has 0 aliphatic rings. The second kappa shape index (κ2) is 13.9. The monoisotopic (exact) mass is 648 g/mol. The zero-order valence-electron chi connectivity index (χ0n) is 29.9. The molecule has 0 saturated heterocycles. The van der Waals surface area contributed by atoms with Gasteiger partial charge >= 0.3 is 0 Å². The largest absolute Gasteiger partial charge is 0.310 e. The van der Waals surface area contributed by atoms with Crippen LogP contribution in [0.4, 0.5) is 34.1 Å². The summed E-state index contributed by atoms with van der Waals surface area (Å²) >= 11 is 0. The topological polar surface area (TPSA) is 6.48 Å². The first-order valence-electron chi connectivity index (χ1n) is 17.4. The van der Waals surface area contributed by atoms with Crippen LogP contribution < -0.4 is 9.80 Å². The Morgan fingerprint density at radius 3 is 0.820 bits per heavy atom. The van der Waals surface area contributed by atoms with Gasteiger partial charge in [0.05, 0.1) is 11.4 Å². The standard InChI is InChI=1S/C48H44N2/c1-33-19-23-39(24-20-33)47-45(49(41-15-7-11-35(3)29-41)42-16-8-12-36(4)30-42)27-28-46(48(47)40-25-21-34(2)22-26-40)50(43-17-9-13-37(5)31-43)44-18-10-14-38(6)32-44/h7-32H,1-6H3. The molecule has 0 amide bonds. The van der Waals surface area contributed by atoms with Crippen molar-refractivity contribution in [2.24, 2.45) is 0 Å². The first-order valence-corrected chi connectivity index (χ1v) is 17.4. The Labute approximate surface area is 297 Å². The highest BCUT2D eigenvalue weighted by Crippen LogP contribution is 2.52. The van der Waals surface area contributed by atoms with Gasteiger partial charge < -0.3 is 9.80 Å². The maximum absolute atomic E-state index is 2.43. The molecule has 0 heterocycles. The maximum Gasteiger partial charge on any atom is 0.0547 e. The van der Waals surface area contributed by atoms with Crippen LogP contribution in [0.15, 0.2) is 158 Å². The van der Waals surface area contributed by atoms with Gasteiger partial charge in [-0.25, -0.2) is 0 Å². The zero-order valence-corrected chi connectivity index (χ0v) is 29.9. The van der Waals surface area contributed by atoms with Crippen molar-refractivity contribution in [1.29, 1.82) is 0 Å². The van der Waals surface area contributed by atoms with Crippen LogP contribution in [0.2, 0.25) is 0 Å². The molecule has 0 spiro atoms. The van der Waals surface area contributed by atoms with Gasteiger partial charge in [0.2, 0.25) is 0 Å². The van der Waals surface area contributed by atoms with Gasteiger partial charge in [0.15, 0.2) is 0 Å². The highest BCUT2D eigenvalue weighted by Gasteiger charge is 2.26. The van der Waals surface area contributed by atoms with E-state index in [0.29, 0.717) is 0 Å². The van der Waals surface area contributed by atoms with E-state index in [1.54, 1.807) is 0 Å². The first-order chi connectivity index (χ1) is 24.2. The molecule has 0 bridgehead atoms. The van der Waals surface area contributed by atoms with Gasteiger partial charge in [-0.1, -0.05) is 108 Å². The highest BCUT2D eigenvalue weighted by atomic mass is 15.2. The van der Waals surface area contributed by atoms with E-state index in [-0.39, 0.29) is 0 Å². The summed E-state index contributed by atoms with van der Waals surface area (Å²) in [6, 6.07) is 58.0. The zero-order chi connectivity index (χ0) is 34.8. The Bertz CT molecular complexity index is 2020. The second-order valence-corrected chi connectivity index (χ2v) is 13.6. The highest BCUT2D eigenvalue weighted by molar-refractivity contribution is 6.04. The molecule has 0 unspecified atom stereocenters. The SMILES string of the molecule is Cc1ccc(-c2c(N(c3cccc(C)c3)c3cccc(C)c3)ccc(N(c3cccc(C)c3)c3cccc(C)c3)c2-c2ccc(C)cc2)cc1. The molecule has 0 aromatic heterocycles. The predicted molar refractivity (Wildman–Crippen MR) is 215 cm³/mol. The van der Waals surface area contributed by atoms with Crippen molar-refractivity contribution in [3.8, 4) is 22.3 Å². The molecule has 7 aromatic carbocycles. The number of rotatable bonds is 8. The lowest BCUT2D eigenvalue weighted by Gasteiger charge is -2.34. The molecule has 246 valence electrons. The summed E-state index contributed by atoms with van der Waals surface area (Å²) in [4.78, 5) is 4.86. The minimum Gasteiger partial charge on any atom is -0.310 e. The number of hydrogen-bond donors (Lipinski definition) is 0. The van der Waals surface area contributed by atoms with E-state index in [0.717, 1.165) is 34.1 Å². The van der Waals surface area contributed by atoms with Crippen LogP contribution in [0, 0.1) is 41.5 Å². The Kier molecular flexibility index (Phi) is 9.11. The van der Waals surface area contributed by atoms with Gasteiger partial charge in [-0.15, -0.1) is 0 Å². The number of aryl methyl sites for hydroxylation is 6. The molecule has 7 aromatic rings. The molecule has 50 heavy (non-hydrogen) atoms. The van der Waals surface area contributed by atoms with Crippen molar-refractivity contribution in [2.75, 3.05) is 9.80 Å². The van der Waals surface area contributed by atoms with Crippen LogP contribution in [0.5, 0.6) is 0 Å². The summed E-state index contributed by atoms with van der Waals surface area (Å²) in [5, 5.41) is 0. The summed E-state index contributed by atoms with van der Waals surface area (Å²) in [6.07, 6.45) is 0. The first kappa shape index (κ1) is 32.7. The normalized spacial score (nSPS) is 11.0. The van der Waals surface area contributed by atoms with E-state index in [1.165, 1.54) is 55.6 Å². The quantitative estimate of drug-likeness (QED) is 0.162. The number of nitrogens with zero attached hydrogens (tertiary/aromatic N) is 2. The van der Waals surface area contributed by atoms with E-state index >= 15 is 0 Å².